The Balaban J connectivity index is 1.43. The molecular weight excluding hydrogens is 405 g/mol. The molecule has 32 heavy (non-hydrogen) atoms. The van der Waals surface area contributed by atoms with E-state index in [2.05, 4.69) is 50.0 Å². The number of aromatic nitrogens is 1. The first-order valence-electron chi connectivity index (χ1n) is 11.9. The van der Waals surface area contributed by atoms with Gasteiger partial charge in [0.15, 0.2) is 0 Å². The van der Waals surface area contributed by atoms with Crippen LogP contribution >= 0.6 is 0 Å². The van der Waals surface area contributed by atoms with Gasteiger partial charge in [0.2, 0.25) is 0 Å². The summed E-state index contributed by atoms with van der Waals surface area (Å²) in [7, 11) is -0.398. The largest absolute Gasteiger partial charge is 0.496 e. The van der Waals surface area contributed by atoms with Crippen molar-refractivity contribution in [3.63, 3.8) is 0 Å². The highest BCUT2D eigenvalue weighted by Gasteiger charge is 2.52. The number of carbonyl (C=O) groups is 1. The Labute approximate surface area is 192 Å². The van der Waals surface area contributed by atoms with E-state index in [-0.39, 0.29) is 23.3 Å². The highest BCUT2D eigenvalue weighted by molar-refractivity contribution is 6.62. The van der Waals surface area contributed by atoms with E-state index in [9.17, 15) is 4.79 Å². The zero-order valence-electron chi connectivity index (χ0n) is 20.6. The van der Waals surface area contributed by atoms with E-state index in [1.54, 1.807) is 0 Å². The lowest BCUT2D eigenvalue weighted by Crippen LogP contribution is -2.57. The van der Waals surface area contributed by atoms with Crippen molar-refractivity contribution < 1.29 is 18.8 Å². The van der Waals surface area contributed by atoms with Gasteiger partial charge in [-0.3, -0.25) is 0 Å². The first-order valence-corrected chi connectivity index (χ1v) is 11.9. The number of ether oxygens (including phenoxy) is 1. The van der Waals surface area contributed by atoms with Crippen LogP contribution in [0.25, 0.3) is 0 Å². The number of carbonyl (C=O) groups excluding carboxylic acids is 1. The molecule has 3 fully saturated rings. The molecule has 0 saturated carbocycles. The molecule has 1 aromatic heterocycles. The Morgan fingerprint density at radius 3 is 2.22 bits per heavy atom. The molecule has 0 unspecified atom stereocenters. The zero-order valence-corrected chi connectivity index (χ0v) is 20.6. The van der Waals surface area contributed by atoms with Crippen molar-refractivity contribution in [1.82, 2.24) is 10.3 Å². The molecule has 1 N–H and O–H groups in total. The predicted octanol–water partition coefficient (Wildman–Crippen LogP) is 3.80. The lowest BCUT2D eigenvalue weighted by Gasteiger charge is -2.49. The molecule has 0 aromatic carbocycles. The second-order valence-corrected chi connectivity index (χ2v) is 11.5. The number of alkyl carbamates (subject to hydrolysis) is 1. The van der Waals surface area contributed by atoms with Gasteiger partial charge in [0, 0.05) is 29.8 Å². The van der Waals surface area contributed by atoms with E-state index in [1.807, 2.05) is 27.0 Å². The molecule has 0 radical (unpaired) electrons. The molecule has 3 aliphatic heterocycles. The Bertz CT molecular complexity index is 807. The number of amides is 1. The molecule has 4 rings (SSSR count). The molecule has 0 spiro atoms. The van der Waals surface area contributed by atoms with Crippen molar-refractivity contribution in [3.8, 4) is 0 Å². The minimum atomic E-state index is -0.483. The summed E-state index contributed by atoms with van der Waals surface area (Å²) < 4.78 is 17.8. The standard InChI is InChI=1S/C24H38BN3O4/c1-22(2,3)30-21(29)27-17-13-18-9-8-10-19(14-17)28(18)20-12-11-16(15-26-20)25-31-23(4,5)24(6,7)32-25/h11-12,15,17-19H,8-10,13-14H2,1-7H3,(H,27,29)/t17-,18-,19+. The average Bonchev–Trinajstić information content (AvgIpc) is 2.87. The SMILES string of the molecule is CC(C)(C)OC(=O)N[C@@H]1C[C@H]2CCC[C@@H](C1)N2c1ccc(B2OC(C)(C)C(C)(C)O2)cn1. The van der Waals surface area contributed by atoms with Crippen LogP contribution in [0.2, 0.25) is 0 Å². The summed E-state index contributed by atoms with van der Waals surface area (Å²) in [5.41, 5.74) is -0.268. The van der Waals surface area contributed by atoms with Gasteiger partial charge in [0.25, 0.3) is 0 Å². The second kappa shape index (κ2) is 8.21. The fraction of sp³-hybridized carbons (Fsp3) is 0.750. The normalized spacial score (nSPS) is 29.0. The van der Waals surface area contributed by atoms with Crippen LogP contribution < -0.4 is 15.7 Å². The third-order valence-corrected chi connectivity index (χ3v) is 7.26. The third-order valence-electron chi connectivity index (χ3n) is 7.26. The van der Waals surface area contributed by atoms with Crippen LogP contribution in [0, 0.1) is 0 Å². The number of nitrogens with zero attached hydrogens (tertiary/aromatic N) is 2. The van der Waals surface area contributed by atoms with Crippen LogP contribution in [0.3, 0.4) is 0 Å². The zero-order chi connectivity index (χ0) is 23.3. The maximum Gasteiger partial charge on any atom is 0.496 e. The van der Waals surface area contributed by atoms with Crippen molar-refractivity contribution in [2.75, 3.05) is 4.90 Å². The van der Waals surface area contributed by atoms with E-state index in [1.165, 1.54) is 6.42 Å². The molecule has 2 bridgehead atoms. The third kappa shape index (κ3) is 4.76. The predicted molar refractivity (Wildman–Crippen MR) is 126 cm³/mol. The number of anilines is 1. The summed E-state index contributed by atoms with van der Waals surface area (Å²) in [4.78, 5) is 19.5. The van der Waals surface area contributed by atoms with Crippen LogP contribution in [-0.2, 0) is 14.0 Å². The fourth-order valence-electron chi connectivity index (χ4n) is 5.02. The summed E-state index contributed by atoms with van der Waals surface area (Å²) in [6.07, 6.45) is 6.84. The molecule has 176 valence electrons. The van der Waals surface area contributed by atoms with Gasteiger partial charge in [-0.1, -0.05) is 6.07 Å². The molecule has 3 aliphatic rings. The number of nitrogens with one attached hydrogen (secondary N) is 1. The van der Waals surface area contributed by atoms with Crippen molar-refractivity contribution in [3.05, 3.63) is 18.3 Å². The summed E-state index contributed by atoms with van der Waals surface area (Å²) >= 11 is 0. The van der Waals surface area contributed by atoms with Crippen molar-refractivity contribution in [2.24, 2.45) is 0 Å². The van der Waals surface area contributed by atoms with Crippen LogP contribution in [0.1, 0.15) is 80.6 Å². The molecular formula is C24H38BN3O4. The molecule has 0 aliphatic carbocycles. The summed E-state index contributed by atoms with van der Waals surface area (Å²) in [5.74, 6) is 0.996. The van der Waals surface area contributed by atoms with Gasteiger partial charge in [0.05, 0.1) is 11.2 Å². The monoisotopic (exact) mass is 443 g/mol. The van der Waals surface area contributed by atoms with Crippen LogP contribution in [-0.4, -0.2) is 53.1 Å². The maximum absolute atomic E-state index is 12.3. The summed E-state index contributed by atoms with van der Waals surface area (Å²) in [6.45, 7) is 13.9. The molecule has 7 nitrogen and oxygen atoms in total. The van der Waals surface area contributed by atoms with Crippen LogP contribution in [0.15, 0.2) is 18.3 Å². The summed E-state index contributed by atoms with van der Waals surface area (Å²) in [5, 5.41) is 3.10. The molecule has 3 saturated heterocycles. The Hall–Kier alpha value is -1.80. The molecule has 3 atom stereocenters. The van der Waals surface area contributed by atoms with Gasteiger partial charge < -0.3 is 24.3 Å². The highest BCUT2D eigenvalue weighted by Crippen LogP contribution is 2.38. The fourth-order valence-corrected chi connectivity index (χ4v) is 5.02. The van der Waals surface area contributed by atoms with E-state index in [0.29, 0.717) is 12.1 Å². The van der Waals surface area contributed by atoms with Gasteiger partial charge in [0.1, 0.15) is 11.4 Å². The topological polar surface area (TPSA) is 72.9 Å². The Morgan fingerprint density at radius 1 is 1.12 bits per heavy atom. The number of hydrogen-bond donors (Lipinski definition) is 1. The first-order chi connectivity index (χ1) is 14.8. The second-order valence-electron chi connectivity index (χ2n) is 11.5. The van der Waals surface area contributed by atoms with Gasteiger partial charge in [-0.2, -0.15) is 0 Å². The van der Waals surface area contributed by atoms with Gasteiger partial charge >= 0.3 is 13.2 Å². The Morgan fingerprint density at radius 2 is 1.72 bits per heavy atom. The van der Waals surface area contributed by atoms with E-state index < -0.39 is 12.7 Å². The van der Waals surface area contributed by atoms with E-state index in [0.717, 1.165) is 37.0 Å². The quantitative estimate of drug-likeness (QED) is 0.717. The minimum Gasteiger partial charge on any atom is -0.444 e. The van der Waals surface area contributed by atoms with Crippen LogP contribution in [0.5, 0.6) is 0 Å². The number of pyridine rings is 1. The average molecular weight is 443 g/mol. The molecule has 4 heterocycles. The lowest BCUT2D eigenvalue weighted by molar-refractivity contribution is 0.00578. The van der Waals surface area contributed by atoms with Crippen LogP contribution in [0.4, 0.5) is 10.6 Å². The van der Waals surface area contributed by atoms with E-state index >= 15 is 0 Å². The molecule has 1 aromatic rings. The number of hydrogen-bond acceptors (Lipinski definition) is 6. The maximum atomic E-state index is 12.3. The number of fused-ring (bicyclic) bond motifs is 2. The van der Waals surface area contributed by atoms with Crippen molar-refractivity contribution in [1.29, 1.82) is 0 Å². The lowest BCUT2D eigenvalue weighted by atomic mass is 9.80. The summed E-state index contributed by atoms with van der Waals surface area (Å²) in [6, 6.07) is 5.05. The minimum absolute atomic E-state index is 0.139. The van der Waals surface area contributed by atoms with Gasteiger partial charge in [-0.05, 0) is 86.6 Å². The molecule has 1 amide bonds. The van der Waals surface area contributed by atoms with Gasteiger partial charge in [-0.25, -0.2) is 9.78 Å². The molecule has 8 heteroatoms. The van der Waals surface area contributed by atoms with Gasteiger partial charge in [-0.15, -0.1) is 0 Å². The number of rotatable bonds is 3. The highest BCUT2D eigenvalue weighted by atomic mass is 16.7. The Kier molecular flexibility index (Phi) is 5.99. The first kappa shape index (κ1) is 23.4. The smallest absolute Gasteiger partial charge is 0.444 e. The number of piperidine rings is 2. The van der Waals surface area contributed by atoms with Crippen molar-refractivity contribution in [2.45, 2.75) is 115 Å². The van der Waals surface area contributed by atoms with Crippen molar-refractivity contribution >= 4 is 24.5 Å². The van der Waals surface area contributed by atoms with E-state index in [4.69, 9.17) is 19.0 Å².